The maximum atomic E-state index is 5.81. The first-order valence-corrected chi connectivity index (χ1v) is 5.96. The molecule has 0 saturated carbocycles. The van der Waals surface area contributed by atoms with Gasteiger partial charge in [0.25, 0.3) is 0 Å². The Bertz CT molecular complexity index is 549. The Morgan fingerprint density at radius 1 is 1.28 bits per heavy atom. The molecule has 2 unspecified atom stereocenters. The summed E-state index contributed by atoms with van der Waals surface area (Å²) in [6.45, 7) is 0. The van der Waals surface area contributed by atoms with Crippen molar-refractivity contribution in [3.63, 3.8) is 0 Å². The lowest BCUT2D eigenvalue weighted by molar-refractivity contribution is 0.360. The zero-order valence-electron chi connectivity index (χ0n) is 9.86. The quantitative estimate of drug-likeness (QED) is 0.824. The number of aromatic nitrogens is 3. The van der Waals surface area contributed by atoms with Crippen molar-refractivity contribution in [2.24, 2.45) is 5.73 Å². The summed E-state index contributed by atoms with van der Waals surface area (Å²) >= 11 is 0. The highest BCUT2D eigenvalue weighted by molar-refractivity contribution is 5.18. The van der Waals surface area contributed by atoms with Crippen LogP contribution < -0.4 is 5.73 Å². The summed E-state index contributed by atoms with van der Waals surface area (Å²) in [7, 11) is 0. The van der Waals surface area contributed by atoms with Gasteiger partial charge in [-0.1, -0.05) is 17.3 Å². The van der Waals surface area contributed by atoms with E-state index in [-0.39, 0.29) is 12.0 Å². The Morgan fingerprint density at radius 2 is 2.11 bits per heavy atom. The fourth-order valence-electron chi connectivity index (χ4n) is 2.08. The number of hydrogen-bond acceptors (Lipinski definition) is 5. The molecule has 5 heteroatoms. The Kier molecular flexibility index (Phi) is 2.90. The summed E-state index contributed by atoms with van der Waals surface area (Å²) in [6.07, 6.45) is 9.04. The minimum Gasteiger partial charge on any atom is -0.339 e. The standard InChI is InChI=1S/C13H14N4O/c14-11-2-1-10(8-11)13-16-12(17-18-13)7-9-3-5-15-6-4-9/h1-6,10-11H,7-8,14H2. The molecule has 0 bridgehead atoms. The average molecular weight is 242 g/mol. The van der Waals surface area contributed by atoms with E-state index < -0.39 is 0 Å². The van der Waals surface area contributed by atoms with Crippen molar-refractivity contribution in [1.29, 1.82) is 0 Å². The van der Waals surface area contributed by atoms with Crippen LogP contribution in [0.3, 0.4) is 0 Å². The van der Waals surface area contributed by atoms with Gasteiger partial charge in [-0.3, -0.25) is 4.98 Å². The number of pyridine rings is 1. The number of hydrogen-bond donors (Lipinski definition) is 1. The fraction of sp³-hybridized carbons (Fsp3) is 0.308. The average Bonchev–Trinajstić information content (AvgIpc) is 2.99. The van der Waals surface area contributed by atoms with Crippen LogP contribution in [-0.2, 0) is 6.42 Å². The van der Waals surface area contributed by atoms with Gasteiger partial charge in [0, 0.05) is 24.9 Å². The Labute approximate surface area is 105 Å². The van der Waals surface area contributed by atoms with Crippen LogP contribution in [0.4, 0.5) is 0 Å². The highest BCUT2D eigenvalue weighted by Crippen LogP contribution is 2.26. The summed E-state index contributed by atoms with van der Waals surface area (Å²) in [5, 5.41) is 4.00. The molecule has 0 aliphatic heterocycles. The van der Waals surface area contributed by atoms with E-state index in [1.165, 1.54) is 0 Å². The van der Waals surface area contributed by atoms with Crippen molar-refractivity contribution >= 4 is 0 Å². The van der Waals surface area contributed by atoms with E-state index in [0.717, 1.165) is 12.0 Å². The Morgan fingerprint density at radius 3 is 2.83 bits per heavy atom. The van der Waals surface area contributed by atoms with Crippen LogP contribution >= 0.6 is 0 Å². The zero-order valence-corrected chi connectivity index (χ0v) is 9.86. The molecule has 2 aromatic rings. The van der Waals surface area contributed by atoms with E-state index in [1.54, 1.807) is 12.4 Å². The van der Waals surface area contributed by atoms with Gasteiger partial charge in [-0.05, 0) is 24.1 Å². The predicted molar refractivity (Wildman–Crippen MR) is 65.8 cm³/mol. The largest absolute Gasteiger partial charge is 0.339 e. The predicted octanol–water partition coefficient (Wildman–Crippen LogP) is 1.43. The third-order valence-electron chi connectivity index (χ3n) is 3.03. The lowest BCUT2D eigenvalue weighted by Gasteiger charge is -2.01. The molecule has 2 N–H and O–H groups in total. The van der Waals surface area contributed by atoms with Gasteiger partial charge < -0.3 is 10.3 Å². The highest BCUT2D eigenvalue weighted by atomic mass is 16.5. The van der Waals surface area contributed by atoms with Gasteiger partial charge in [-0.2, -0.15) is 4.98 Å². The lowest BCUT2D eigenvalue weighted by Crippen LogP contribution is -2.14. The first kappa shape index (κ1) is 11.1. The molecular weight excluding hydrogens is 228 g/mol. The third kappa shape index (κ3) is 2.31. The molecule has 2 aromatic heterocycles. The van der Waals surface area contributed by atoms with E-state index in [1.807, 2.05) is 24.3 Å². The molecule has 2 heterocycles. The number of nitrogens with two attached hydrogens (primary N) is 1. The normalized spacial score (nSPS) is 22.5. The smallest absolute Gasteiger partial charge is 0.233 e. The molecule has 1 aliphatic carbocycles. The molecule has 0 saturated heterocycles. The van der Waals surface area contributed by atoms with Crippen LogP contribution in [-0.4, -0.2) is 21.2 Å². The monoisotopic (exact) mass is 242 g/mol. The second kappa shape index (κ2) is 4.70. The SMILES string of the molecule is NC1C=CC(c2nc(Cc3ccncc3)no2)C1. The van der Waals surface area contributed by atoms with E-state index in [2.05, 4.69) is 15.1 Å². The molecule has 0 aromatic carbocycles. The van der Waals surface area contributed by atoms with Gasteiger partial charge in [-0.25, -0.2) is 0 Å². The maximum Gasteiger partial charge on any atom is 0.233 e. The minimum absolute atomic E-state index is 0.102. The van der Waals surface area contributed by atoms with Crippen LogP contribution in [0.15, 0.2) is 41.2 Å². The number of allylic oxidation sites excluding steroid dienone is 1. The summed E-state index contributed by atoms with van der Waals surface area (Å²) in [4.78, 5) is 8.39. The summed E-state index contributed by atoms with van der Waals surface area (Å²) in [6, 6.07) is 3.99. The van der Waals surface area contributed by atoms with Crippen LogP contribution in [0.2, 0.25) is 0 Å². The van der Waals surface area contributed by atoms with Crippen LogP contribution in [0.5, 0.6) is 0 Å². The van der Waals surface area contributed by atoms with Crippen molar-refractivity contribution in [3.05, 3.63) is 54.0 Å². The molecule has 0 radical (unpaired) electrons. The van der Waals surface area contributed by atoms with Gasteiger partial charge in [0.2, 0.25) is 5.89 Å². The highest BCUT2D eigenvalue weighted by Gasteiger charge is 2.22. The Balaban J connectivity index is 1.72. The van der Waals surface area contributed by atoms with Gasteiger partial charge in [0.05, 0.1) is 5.92 Å². The topological polar surface area (TPSA) is 77.8 Å². The second-order valence-electron chi connectivity index (χ2n) is 4.47. The summed E-state index contributed by atoms with van der Waals surface area (Å²) in [5.74, 6) is 1.52. The van der Waals surface area contributed by atoms with Gasteiger partial charge in [0.15, 0.2) is 5.82 Å². The number of rotatable bonds is 3. The summed E-state index contributed by atoms with van der Waals surface area (Å²) in [5.41, 5.74) is 6.93. The maximum absolute atomic E-state index is 5.81. The van der Waals surface area contributed by atoms with Crippen molar-refractivity contribution in [2.45, 2.75) is 24.8 Å². The van der Waals surface area contributed by atoms with Crippen LogP contribution in [0.1, 0.15) is 29.6 Å². The molecule has 92 valence electrons. The molecular formula is C13H14N4O. The van der Waals surface area contributed by atoms with E-state index in [9.17, 15) is 0 Å². The number of nitrogens with zero attached hydrogens (tertiary/aromatic N) is 3. The van der Waals surface area contributed by atoms with Crippen LogP contribution in [0.25, 0.3) is 0 Å². The third-order valence-corrected chi connectivity index (χ3v) is 3.03. The van der Waals surface area contributed by atoms with Gasteiger partial charge in [0.1, 0.15) is 0 Å². The summed E-state index contributed by atoms with van der Waals surface area (Å²) < 4.78 is 5.29. The molecule has 2 atom stereocenters. The molecule has 1 aliphatic rings. The van der Waals surface area contributed by atoms with E-state index >= 15 is 0 Å². The second-order valence-corrected chi connectivity index (χ2v) is 4.47. The van der Waals surface area contributed by atoms with E-state index in [0.29, 0.717) is 18.1 Å². The zero-order chi connectivity index (χ0) is 12.4. The van der Waals surface area contributed by atoms with Crippen LogP contribution in [0, 0.1) is 0 Å². The molecule has 3 rings (SSSR count). The first-order valence-electron chi connectivity index (χ1n) is 5.96. The van der Waals surface area contributed by atoms with Crippen molar-refractivity contribution in [2.75, 3.05) is 0 Å². The van der Waals surface area contributed by atoms with Crippen molar-refractivity contribution < 1.29 is 4.52 Å². The van der Waals surface area contributed by atoms with E-state index in [4.69, 9.17) is 10.3 Å². The molecule has 0 spiro atoms. The Hall–Kier alpha value is -2.01. The minimum atomic E-state index is 0.102. The van der Waals surface area contributed by atoms with Crippen molar-refractivity contribution in [3.8, 4) is 0 Å². The molecule has 18 heavy (non-hydrogen) atoms. The first-order chi connectivity index (χ1) is 8.81. The molecule has 0 fully saturated rings. The molecule has 5 nitrogen and oxygen atoms in total. The van der Waals surface area contributed by atoms with Crippen molar-refractivity contribution in [1.82, 2.24) is 15.1 Å². The fourth-order valence-corrected chi connectivity index (χ4v) is 2.08. The van der Waals surface area contributed by atoms with Gasteiger partial charge in [-0.15, -0.1) is 0 Å². The van der Waals surface area contributed by atoms with Gasteiger partial charge >= 0.3 is 0 Å². The lowest BCUT2D eigenvalue weighted by atomic mass is 10.1. The molecule has 0 amide bonds.